The number of rotatable bonds is 5. The van der Waals surface area contributed by atoms with Crippen molar-refractivity contribution in [2.45, 2.75) is 12.5 Å². The first-order valence-electron chi connectivity index (χ1n) is 6.99. The smallest absolute Gasteiger partial charge is 0.319 e. The molecule has 0 heterocycles. The first kappa shape index (κ1) is 16.0. The summed E-state index contributed by atoms with van der Waals surface area (Å²) in [7, 11) is 0. The maximum atomic E-state index is 12.0. The average molecular weight is 308 g/mol. The molecule has 6 heteroatoms. The molecule has 0 fully saturated rings. The van der Waals surface area contributed by atoms with Gasteiger partial charge in [-0.05, 0) is 23.8 Å². The van der Waals surface area contributed by atoms with Crippen LogP contribution in [0.2, 0.25) is 0 Å². The number of nitrogens with zero attached hydrogens (tertiary/aromatic N) is 1. The van der Waals surface area contributed by atoms with Gasteiger partial charge >= 0.3 is 6.03 Å². The Kier molecular flexibility index (Phi) is 5.31. The molecule has 0 aliphatic heterocycles. The fourth-order valence-electron chi connectivity index (χ4n) is 2.06. The fourth-order valence-corrected chi connectivity index (χ4v) is 2.06. The second kappa shape index (κ2) is 7.61. The number of benzene rings is 2. The van der Waals surface area contributed by atoms with Gasteiger partial charge in [0.15, 0.2) is 0 Å². The summed E-state index contributed by atoms with van der Waals surface area (Å²) < 4.78 is 0. The largest absolute Gasteiger partial charge is 0.368 e. The molecular weight excluding hydrogens is 292 g/mol. The van der Waals surface area contributed by atoms with Crippen molar-refractivity contribution in [2.24, 2.45) is 5.73 Å². The molecular formula is C17H16N4O2. The number of hydrogen-bond donors (Lipinski definition) is 3. The lowest BCUT2D eigenvalue weighted by atomic mass is 10.1. The van der Waals surface area contributed by atoms with Gasteiger partial charge in [-0.15, -0.1) is 0 Å². The van der Waals surface area contributed by atoms with Crippen LogP contribution in [0.4, 0.5) is 10.5 Å². The summed E-state index contributed by atoms with van der Waals surface area (Å²) in [5.41, 5.74) is 7.13. The summed E-state index contributed by atoms with van der Waals surface area (Å²) >= 11 is 0. The lowest BCUT2D eigenvalue weighted by molar-refractivity contribution is -0.119. The van der Waals surface area contributed by atoms with Gasteiger partial charge < -0.3 is 16.4 Å². The molecule has 0 radical (unpaired) electrons. The first-order chi connectivity index (χ1) is 11.1. The van der Waals surface area contributed by atoms with E-state index in [1.807, 2.05) is 36.4 Å². The van der Waals surface area contributed by atoms with E-state index in [-0.39, 0.29) is 0 Å². The van der Waals surface area contributed by atoms with E-state index in [2.05, 4.69) is 10.6 Å². The summed E-state index contributed by atoms with van der Waals surface area (Å²) in [5.74, 6) is -0.616. The van der Waals surface area contributed by atoms with E-state index in [9.17, 15) is 9.59 Å². The number of hydrogen-bond acceptors (Lipinski definition) is 3. The standard InChI is InChI=1S/C17H16N4O2/c18-11-13-7-4-8-14(9-13)20-17(23)21-15(16(19)22)10-12-5-2-1-3-6-12/h1-9,15H,10H2,(H2,19,22)(H2,20,21,23)/t15-/m0/s1. The highest BCUT2D eigenvalue weighted by Gasteiger charge is 2.18. The number of anilines is 1. The van der Waals surface area contributed by atoms with Crippen LogP contribution in [0.15, 0.2) is 54.6 Å². The Bertz CT molecular complexity index is 738. The Hall–Kier alpha value is -3.33. The predicted molar refractivity (Wildman–Crippen MR) is 86.4 cm³/mol. The minimum atomic E-state index is -0.823. The molecule has 0 aliphatic rings. The third kappa shape index (κ3) is 4.86. The molecule has 0 saturated carbocycles. The average Bonchev–Trinajstić information content (AvgIpc) is 2.55. The highest BCUT2D eigenvalue weighted by atomic mass is 16.2. The van der Waals surface area contributed by atoms with Crippen molar-refractivity contribution in [3.8, 4) is 6.07 Å². The maximum absolute atomic E-state index is 12.0. The molecule has 2 rings (SSSR count). The Morgan fingerprint density at radius 3 is 2.52 bits per heavy atom. The molecule has 1 atom stereocenters. The molecule has 0 unspecified atom stereocenters. The molecule has 6 nitrogen and oxygen atoms in total. The van der Waals surface area contributed by atoms with Crippen LogP contribution in [0.5, 0.6) is 0 Å². The summed E-state index contributed by atoms with van der Waals surface area (Å²) in [6, 6.07) is 16.4. The number of carbonyl (C=O) groups excluding carboxylic acids is 2. The summed E-state index contributed by atoms with van der Waals surface area (Å²) in [6.07, 6.45) is 0.307. The van der Waals surface area contributed by atoms with Gasteiger partial charge in [0.05, 0.1) is 11.6 Å². The van der Waals surface area contributed by atoms with Crippen LogP contribution in [0.3, 0.4) is 0 Å². The van der Waals surface area contributed by atoms with E-state index < -0.39 is 18.0 Å². The number of amides is 3. The normalized spacial score (nSPS) is 11.1. The number of primary amides is 1. The van der Waals surface area contributed by atoms with E-state index in [1.165, 1.54) is 6.07 Å². The molecule has 0 saturated heterocycles. The van der Waals surface area contributed by atoms with Crippen molar-refractivity contribution < 1.29 is 9.59 Å². The number of nitriles is 1. The second-order valence-corrected chi connectivity index (χ2v) is 4.94. The Morgan fingerprint density at radius 2 is 1.87 bits per heavy atom. The van der Waals surface area contributed by atoms with E-state index in [1.54, 1.807) is 18.2 Å². The number of nitrogens with one attached hydrogen (secondary N) is 2. The molecule has 0 bridgehead atoms. The van der Waals surface area contributed by atoms with E-state index in [0.29, 0.717) is 17.7 Å². The number of urea groups is 1. The lowest BCUT2D eigenvalue weighted by Crippen LogP contribution is -2.47. The van der Waals surface area contributed by atoms with Crippen LogP contribution in [0.25, 0.3) is 0 Å². The fraction of sp³-hybridized carbons (Fsp3) is 0.118. The van der Waals surface area contributed by atoms with Gasteiger partial charge in [-0.25, -0.2) is 4.79 Å². The van der Waals surface area contributed by atoms with Crippen LogP contribution in [0.1, 0.15) is 11.1 Å². The molecule has 2 aromatic carbocycles. The number of nitrogens with two attached hydrogens (primary N) is 1. The van der Waals surface area contributed by atoms with Crippen molar-refractivity contribution in [3.05, 3.63) is 65.7 Å². The molecule has 116 valence electrons. The summed E-state index contributed by atoms with van der Waals surface area (Å²) in [5, 5.41) is 14.0. The third-order valence-corrected chi connectivity index (χ3v) is 3.18. The number of carbonyl (C=O) groups is 2. The van der Waals surface area contributed by atoms with Crippen LogP contribution in [-0.4, -0.2) is 18.0 Å². The van der Waals surface area contributed by atoms with Gasteiger partial charge in [0.2, 0.25) is 5.91 Å². The zero-order valence-corrected chi connectivity index (χ0v) is 12.3. The zero-order chi connectivity index (χ0) is 16.7. The second-order valence-electron chi connectivity index (χ2n) is 4.94. The topological polar surface area (TPSA) is 108 Å². The molecule has 0 spiro atoms. The van der Waals surface area contributed by atoms with Gasteiger partial charge in [0, 0.05) is 12.1 Å². The van der Waals surface area contributed by atoms with E-state index in [4.69, 9.17) is 11.0 Å². The summed E-state index contributed by atoms with van der Waals surface area (Å²) in [4.78, 5) is 23.5. The van der Waals surface area contributed by atoms with Gasteiger partial charge in [0.1, 0.15) is 6.04 Å². The minimum Gasteiger partial charge on any atom is -0.368 e. The van der Waals surface area contributed by atoms with Crippen LogP contribution < -0.4 is 16.4 Å². The third-order valence-electron chi connectivity index (χ3n) is 3.18. The Labute approximate surface area is 133 Å². The van der Waals surface area contributed by atoms with E-state index >= 15 is 0 Å². The van der Waals surface area contributed by atoms with Gasteiger partial charge in [0.25, 0.3) is 0 Å². The molecule has 0 aliphatic carbocycles. The molecule has 3 amide bonds. The predicted octanol–water partition coefficient (Wildman–Crippen LogP) is 1.78. The quantitative estimate of drug-likeness (QED) is 0.783. The molecule has 4 N–H and O–H groups in total. The molecule has 23 heavy (non-hydrogen) atoms. The molecule has 0 aromatic heterocycles. The van der Waals surface area contributed by atoms with E-state index in [0.717, 1.165) is 5.56 Å². The lowest BCUT2D eigenvalue weighted by Gasteiger charge is -2.16. The van der Waals surface area contributed by atoms with Gasteiger partial charge in [-0.1, -0.05) is 36.4 Å². The van der Waals surface area contributed by atoms with Crippen molar-refractivity contribution >= 4 is 17.6 Å². The Balaban J connectivity index is 2.00. The SMILES string of the molecule is N#Cc1cccc(NC(=O)N[C@@H](Cc2ccccc2)C(N)=O)c1. The van der Waals surface area contributed by atoms with Crippen LogP contribution in [0, 0.1) is 11.3 Å². The summed E-state index contributed by atoms with van der Waals surface area (Å²) in [6.45, 7) is 0. The first-order valence-corrected chi connectivity index (χ1v) is 6.99. The zero-order valence-electron chi connectivity index (χ0n) is 12.3. The van der Waals surface area contributed by atoms with Gasteiger partial charge in [-0.2, -0.15) is 5.26 Å². The monoisotopic (exact) mass is 308 g/mol. The highest BCUT2D eigenvalue weighted by Crippen LogP contribution is 2.10. The molecule has 2 aromatic rings. The van der Waals surface area contributed by atoms with Crippen molar-refractivity contribution in [2.75, 3.05) is 5.32 Å². The maximum Gasteiger partial charge on any atom is 0.319 e. The highest BCUT2D eigenvalue weighted by molar-refractivity contribution is 5.93. The minimum absolute atomic E-state index is 0.307. The van der Waals surface area contributed by atoms with Crippen LogP contribution in [-0.2, 0) is 11.2 Å². The Morgan fingerprint density at radius 1 is 1.13 bits per heavy atom. The van der Waals surface area contributed by atoms with Gasteiger partial charge in [-0.3, -0.25) is 4.79 Å². The van der Waals surface area contributed by atoms with Crippen LogP contribution >= 0.6 is 0 Å². The van der Waals surface area contributed by atoms with Crippen molar-refractivity contribution in [1.29, 1.82) is 5.26 Å². The van der Waals surface area contributed by atoms with Crippen molar-refractivity contribution in [3.63, 3.8) is 0 Å². The van der Waals surface area contributed by atoms with Crippen molar-refractivity contribution in [1.82, 2.24) is 5.32 Å².